The molecule has 0 aliphatic carbocycles. The van der Waals surface area contributed by atoms with Crippen molar-refractivity contribution in [3.8, 4) is 5.69 Å². The van der Waals surface area contributed by atoms with E-state index in [-0.39, 0.29) is 5.91 Å². The van der Waals surface area contributed by atoms with Crippen molar-refractivity contribution >= 4 is 5.91 Å². The summed E-state index contributed by atoms with van der Waals surface area (Å²) in [5.41, 5.74) is 1.72. The second-order valence-electron chi connectivity index (χ2n) is 4.59. The van der Waals surface area contributed by atoms with Gasteiger partial charge in [-0.15, -0.1) is 5.10 Å². The second kappa shape index (κ2) is 4.81. The number of nitrogens with one attached hydrogen (secondary N) is 1. The topological polar surface area (TPSA) is 80.9 Å². The van der Waals surface area contributed by atoms with Crippen LogP contribution in [0.4, 0.5) is 0 Å². The van der Waals surface area contributed by atoms with E-state index < -0.39 is 0 Å². The molecule has 0 aromatic carbocycles. The van der Waals surface area contributed by atoms with Crippen LogP contribution in [0.2, 0.25) is 0 Å². The first-order valence-electron chi connectivity index (χ1n) is 6.10. The van der Waals surface area contributed by atoms with Gasteiger partial charge in [0, 0.05) is 26.7 Å². The van der Waals surface area contributed by atoms with Gasteiger partial charge in [0.1, 0.15) is 5.69 Å². The average molecular weight is 261 g/mol. The Morgan fingerprint density at radius 1 is 1.42 bits per heavy atom. The standard InChI is InChI=1S/C11H15N7O/c1-16-7-10(4-13-16)18-6-9(14-15-18)5-17-3-2-12-11(19)8-17/h4,6-7H,2-3,5,8H2,1H3,(H,12,19). The largest absolute Gasteiger partial charge is 0.354 e. The number of hydrogen-bond acceptors (Lipinski definition) is 5. The number of carbonyl (C=O) groups is 1. The molecule has 19 heavy (non-hydrogen) atoms. The lowest BCUT2D eigenvalue weighted by molar-refractivity contribution is -0.124. The van der Waals surface area contributed by atoms with Crippen molar-refractivity contribution in [1.82, 2.24) is 35.0 Å². The highest BCUT2D eigenvalue weighted by molar-refractivity contribution is 5.78. The average Bonchev–Trinajstić information content (AvgIpc) is 2.98. The smallest absolute Gasteiger partial charge is 0.234 e. The van der Waals surface area contributed by atoms with E-state index in [0.29, 0.717) is 19.6 Å². The van der Waals surface area contributed by atoms with Gasteiger partial charge in [-0.25, -0.2) is 4.68 Å². The molecule has 1 aliphatic heterocycles. The highest BCUT2D eigenvalue weighted by Crippen LogP contribution is 2.07. The lowest BCUT2D eigenvalue weighted by Crippen LogP contribution is -2.47. The Kier molecular flexibility index (Phi) is 3.00. The maximum atomic E-state index is 11.3. The molecule has 2 aromatic heterocycles. The van der Waals surface area contributed by atoms with Gasteiger partial charge in [-0.3, -0.25) is 14.4 Å². The summed E-state index contributed by atoms with van der Waals surface area (Å²) in [6.07, 6.45) is 5.46. The predicted molar refractivity (Wildman–Crippen MR) is 66.4 cm³/mol. The summed E-state index contributed by atoms with van der Waals surface area (Å²) < 4.78 is 3.40. The van der Waals surface area contributed by atoms with Crippen molar-refractivity contribution in [2.75, 3.05) is 19.6 Å². The van der Waals surface area contributed by atoms with Gasteiger partial charge < -0.3 is 5.32 Å². The minimum atomic E-state index is 0.0610. The van der Waals surface area contributed by atoms with Gasteiger partial charge in [0.2, 0.25) is 5.91 Å². The number of aromatic nitrogens is 5. The van der Waals surface area contributed by atoms with Crippen LogP contribution in [0.1, 0.15) is 5.69 Å². The highest BCUT2D eigenvalue weighted by Gasteiger charge is 2.17. The number of aryl methyl sites for hydroxylation is 1. The van der Waals surface area contributed by atoms with Crippen LogP contribution in [0.15, 0.2) is 18.6 Å². The molecule has 1 N–H and O–H groups in total. The molecule has 0 radical (unpaired) electrons. The van der Waals surface area contributed by atoms with Crippen LogP contribution in [-0.2, 0) is 18.4 Å². The molecule has 0 spiro atoms. The number of carbonyl (C=O) groups excluding carboxylic acids is 1. The quantitative estimate of drug-likeness (QED) is 0.761. The molecule has 1 amide bonds. The van der Waals surface area contributed by atoms with Gasteiger partial charge in [-0.2, -0.15) is 5.10 Å². The van der Waals surface area contributed by atoms with Gasteiger partial charge >= 0.3 is 0 Å². The Morgan fingerprint density at radius 2 is 2.32 bits per heavy atom. The Balaban J connectivity index is 1.69. The van der Waals surface area contributed by atoms with Crippen LogP contribution in [0, 0.1) is 0 Å². The van der Waals surface area contributed by atoms with Crippen molar-refractivity contribution in [2.45, 2.75) is 6.54 Å². The fraction of sp³-hybridized carbons (Fsp3) is 0.455. The number of nitrogens with zero attached hydrogens (tertiary/aromatic N) is 6. The van der Waals surface area contributed by atoms with Crippen LogP contribution in [0.3, 0.4) is 0 Å². The summed E-state index contributed by atoms with van der Waals surface area (Å²) >= 11 is 0. The lowest BCUT2D eigenvalue weighted by Gasteiger charge is -2.25. The first kappa shape index (κ1) is 11.8. The monoisotopic (exact) mass is 261 g/mol. The van der Waals surface area contributed by atoms with Crippen LogP contribution in [0.5, 0.6) is 0 Å². The minimum Gasteiger partial charge on any atom is -0.354 e. The Labute approximate surface area is 110 Å². The molecule has 3 rings (SSSR count). The molecule has 0 unspecified atom stereocenters. The molecular weight excluding hydrogens is 246 g/mol. The number of amides is 1. The van der Waals surface area contributed by atoms with Crippen LogP contribution in [0.25, 0.3) is 5.69 Å². The molecule has 1 fully saturated rings. The summed E-state index contributed by atoms with van der Waals surface area (Å²) in [5, 5.41) is 15.1. The van der Waals surface area contributed by atoms with Crippen LogP contribution < -0.4 is 5.32 Å². The van der Waals surface area contributed by atoms with Gasteiger partial charge in [0.05, 0.1) is 30.8 Å². The normalized spacial score (nSPS) is 16.6. The zero-order valence-corrected chi connectivity index (χ0v) is 10.7. The predicted octanol–water partition coefficient (Wildman–Crippen LogP) is -1.07. The van der Waals surface area contributed by atoms with Crippen LogP contribution >= 0.6 is 0 Å². The summed E-state index contributed by atoms with van der Waals surface area (Å²) in [6, 6.07) is 0. The van der Waals surface area contributed by atoms with Crippen molar-refractivity contribution in [2.24, 2.45) is 7.05 Å². The maximum Gasteiger partial charge on any atom is 0.234 e. The zero-order valence-electron chi connectivity index (χ0n) is 10.7. The maximum absolute atomic E-state index is 11.3. The molecule has 8 nitrogen and oxygen atoms in total. The first-order chi connectivity index (χ1) is 9.20. The van der Waals surface area contributed by atoms with E-state index in [2.05, 4.69) is 25.6 Å². The molecule has 0 saturated carbocycles. The fourth-order valence-corrected chi connectivity index (χ4v) is 2.08. The zero-order chi connectivity index (χ0) is 13.2. The van der Waals surface area contributed by atoms with Crippen molar-refractivity contribution in [3.63, 3.8) is 0 Å². The van der Waals surface area contributed by atoms with Gasteiger partial charge in [0.25, 0.3) is 0 Å². The number of rotatable bonds is 3. The SMILES string of the molecule is Cn1cc(-n2cc(CN3CCNC(=O)C3)nn2)cn1. The molecule has 3 heterocycles. The molecule has 100 valence electrons. The first-order valence-corrected chi connectivity index (χ1v) is 6.10. The summed E-state index contributed by atoms with van der Waals surface area (Å²) in [5.74, 6) is 0.0610. The van der Waals surface area contributed by atoms with E-state index in [1.165, 1.54) is 0 Å². The lowest BCUT2D eigenvalue weighted by atomic mass is 10.3. The highest BCUT2D eigenvalue weighted by atomic mass is 16.2. The fourth-order valence-electron chi connectivity index (χ4n) is 2.08. The van der Waals surface area contributed by atoms with E-state index in [1.54, 1.807) is 15.6 Å². The molecule has 0 atom stereocenters. The molecule has 0 bridgehead atoms. The van der Waals surface area contributed by atoms with E-state index >= 15 is 0 Å². The van der Waals surface area contributed by atoms with Crippen LogP contribution in [-0.4, -0.2) is 55.2 Å². The summed E-state index contributed by atoms with van der Waals surface area (Å²) in [7, 11) is 1.85. The van der Waals surface area contributed by atoms with Gasteiger partial charge in [0.15, 0.2) is 0 Å². The third-order valence-electron chi connectivity index (χ3n) is 3.00. The van der Waals surface area contributed by atoms with E-state index in [1.807, 2.05) is 19.4 Å². The van der Waals surface area contributed by atoms with Crippen molar-refractivity contribution in [1.29, 1.82) is 0 Å². The molecular formula is C11H15N7O. The third-order valence-corrected chi connectivity index (χ3v) is 3.00. The van der Waals surface area contributed by atoms with E-state index in [4.69, 9.17) is 0 Å². The summed E-state index contributed by atoms with van der Waals surface area (Å²) in [6.45, 7) is 2.58. The molecule has 8 heteroatoms. The molecule has 1 saturated heterocycles. The Bertz CT molecular complexity index is 587. The van der Waals surface area contributed by atoms with E-state index in [9.17, 15) is 4.79 Å². The minimum absolute atomic E-state index is 0.0610. The van der Waals surface area contributed by atoms with Crippen molar-refractivity contribution in [3.05, 3.63) is 24.3 Å². The van der Waals surface area contributed by atoms with E-state index in [0.717, 1.165) is 17.9 Å². The molecule has 2 aromatic rings. The van der Waals surface area contributed by atoms with Gasteiger partial charge in [-0.1, -0.05) is 5.21 Å². The number of hydrogen-bond donors (Lipinski definition) is 1. The van der Waals surface area contributed by atoms with Crippen molar-refractivity contribution < 1.29 is 4.79 Å². The second-order valence-corrected chi connectivity index (χ2v) is 4.59. The third kappa shape index (κ3) is 2.63. The summed E-state index contributed by atoms with van der Waals surface area (Å²) in [4.78, 5) is 13.3. The molecule has 1 aliphatic rings. The Morgan fingerprint density at radius 3 is 3.05 bits per heavy atom. The Hall–Kier alpha value is -2.22. The van der Waals surface area contributed by atoms with Gasteiger partial charge in [-0.05, 0) is 0 Å². The number of piperazine rings is 1.